The zero-order valence-electron chi connectivity index (χ0n) is 12.3. The van der Waals surface area contributed by atoms with Crippen molar-refractivity contribution in [3.05, 3.63) is 28.2 Å². The van der Waals surface area contributed by atoms with Gasteiger partial charge < -0.3 is 15.0 Å². The third kappa shape index (κ3) is 3.50. The van der Waals surface area contributed by atoms with E-state index in [-0.39, 0.29) is 6.04 Å². The Bertz CT molecular complexity index is 691. The molecule has 118 valence electrons. The van der Waals surface area contributed by atoms with Gasteiger partial charge in [-0.05, 0) is 43.7 Å². The van der Waals surface area contributed by atoms with Crippen LogP contribution in [0, 0.1) is 5.92 Å². The van der Waals surface area contributed by atoms with Crippen molar-refractivity contribution in [3.8, 4) is 5.88 Å². The number of nitrogens with one attached hydrogen (secondary N) is 2. The number of halogens is 2. The van der Waals surface area contributed by atoms with E-state index in [1.165, 1.54) is 0 Å². The average Bonchev–Trinajstić information content (AvgIpc) is 2.84. The van der Waals surface area contributed by atoms with Gasteiger partial charge in [-0.15, -0.1) is 0 Å². The maximum absolute atomic E-state index is 12.0. The number of aromatic nitrogens is 1. The molecule has 1 saturated carbocycles. The van der Waals surface area contributed by atoms with Crippen LogP contribution in [0.1, 0.15) is 32.6 Å². The molecule has 3 rings (SSSR count). The Morgan fingerprint density at radius 2 is 1.95 bits per heavy atom. The van der Waals surface area contributed by atoms with Crippen molar-refractivity contribution in [2.24, 2.45) is 5.92 Å². The topological polar surface area (TPSA) is 54.1 Å². The highest BCUT2D eigenvalue weighted by Crippen LogP contribution is 2.31. The zero-order chi connectivity index (χ0) is 15.7. The molecule has 1 aliphatic rings. The normalized spacial score (nSPS) is 21.8. The number of carbonyl (C=O) groups is 1. The molecule has 0 aliphatic heterocycles. The second-order valence-corrected chi connectivity index (χ2v) is 6.82. The van der Waals surface area contributed by atoms with Gasteiger partial charge in [-0.2, -0.15) is 0 Å². The molecule has 0 atom stereocenters. The van der Waals surface area contributed by atoms with Gasteiger partial charge in [-0.25, -0.2) is 4.79 Å². The number of benzene rings is 1. The molecule has 0 radical (unpaired) electrons. The summed E-state index contributed by atoms with van der Waals surface area (Å²) in [5.41, 5.74) is 0.742. The molecule has 1 aromatic heterocycles. The van der Waals surface area contributed by atoms with E-state index in [4.69, 9.17) is 27.9 Å². The lowest BCUT2D eigenvalue weighted by molar-refractivity contribution is 0.187. The van der Waals surface area contributed by atoms with Crippen LogP contribution in [0.15, 0.2) is 18.2 Å². The van der Waals surface area contributed by atoms with Crippen LogP contribution in [0.5, 0.6) is 5.88 Å². The third-order valence-electron chi connectivity index (χ3n) is 4.17. The van der Waals surface area contributed by atoms with E-state index < -0.39 is 6.09 Å². The Morgan fingerprint density at radius 1 is 1.23 bits per heavy atom. The molecule has 1 aliphatic carbocycles. The molecule has 1 aromatic carbocycles. The minimum Gasteiger partial charge on any atom is -0.393 e. The summed E-state index contributed by atoms with van der Waals surface area (Å²) in [4.78, 5) is 15.0. The van der Waals surface area contributed by atoms with Gasteiger partial charge in [0.05, 0.1) is 10.5 Å². The predicted molar refractivity (Wildman–Crippen MR) is 88.9 cm³/mol. The maximum Gasteiger partial charge on any atom is 0.414 e. The van der Waals surface area contributed by atoms with E-state index in [1.54, 1.807) is 18.2 Å². The molecule has 0 saturated heterocycles. The Hall–Kier alpha value is -1.39. The summed E-state index contributed by atoms with van der Waals surface area (Å²) in [6.07, 6.45) is 3.86. The van der Waals surface area contributed by atoms with Crippen LogP contribution in [0.4, 0.5) is 4.79 Å². The standard InChI is InChI=1S/C16H18Cl2N2O2/c1-9-2-4-11(5-3-9)19-16(21)22-15-8-12-13(18)6-10(17)7-14(12)20-15/h6-9,11,20H,2-5H2,1H3,(H,19,21)/t9-,11-. The summed E-state index contributed by atoms with van der Waals surface area (Å²) >= 11 is 12.1. The summed E-state index contributed by atoms with van der Waals surface area (Å²) in [5, 5.41) is 4.75. The number of hydrogen-bond donors (Lipinski definition) is 2. The SMILES string of the molecule is C[C@H]1CC[C@H](NC(=O)Oc2cc3c(Cl)cc(Cl)cc3[nH]2)CC1. The van der Waals surface area contributed by atoms with Crippen molar-refractivity contribution in [1.29, 1.82) is 0 Å². The summed E-state index contributed by atoms with van der Waals surface area (Å²) in [6, 6.07) is 5.31. The highest BCUT2D eigenvalue weighted by Gasteiger charge is 2.20. The highest BCUT2D eigenvalue weighted by molar-refractivity contribution is 6.38. The second-order valence-electron chi connectivity index (χ2n) is 5.97. The number of ether oxygens (including phenoxy) is 1. The van der Waals surface area contributed by atoms with Crippen molar-refractivity contribution in [2.45, 2.75) is 38.6 Å². The molecule has 4 nitrogen and oxygen atoms in total. The highest BCUT2D eigenvalue weighted by atomic mass is 35.5. The van der Waals surface area contributed by atoms with E-state index >= 15 is 0 Å². The lowest BCUT2D eigenvalue weighted by Crippen LogP contribution is -2.39. The number of aromatic amines is 1. The molecule has 0 spiro atoms. The van der Waals surface area contributed by atoms with Crippen molar-refractivity contribution >= 4 is 40.2 Å². The van der Waals surface area contributed by atoms with Crippen molar-refractivity contribution in [3.63, 3.8) is 0 Å². The summed E-state index contributed by atoms with van der Waals surface area (Å²) in [5.74, 6) is 1.11. The van der Waals surface area contributed by atoms with Crippen molar-refractivity contribution in [2.75, 3.05) is 0 Å². The molecule has 6 heteroatoms. The fraction of sp³-hybridized carbons (Fsp3) is 0.438. The first kappa shape index (κ1) is 15.5. The van der Waals surface area contributed by atoms with E-state index in [0.29, 0.717) is 15.9 Å². The molecule has 1 amide bonds. The van der Waals surface area contributed by atoms with Gasteiger partial charge >= 0.3 is 6.09 Å². The van der Waals surface area contributed by atoms with Crippen LogP contribution >= 0.6 is 23.2 Å². The van der Waals surface area contributed by atoms with Gasteiger partial charge in [0.15, 0.2) is 0 Å². The van der Waals surface area contributed by atoms with Gasteiger partial charge in [-0.3, -0.25) is 0 Å². The quantitative estimate of drug-likeness (QED) is 0.794. The predicted octanol–water partition coefficient (Wildman–Crippen LogP) is 5.14. The lowest BCUT2D eigenvalue weighted by Gasteiger charge is -2.26. The van der Waals surface area contributed by atoms with Crippen molar-refractivity contribution in [1.82, 2.24) is 10.3 Å². The van der Waals surface area contributed by atoms with Crippen LogP contribution in [-0.4, -0.2) is 17.1 Å². The molecule has 2 N–H and O–H groups in total. The number of amides is 1. The Labute approximate surface area is 139 Å². The maximum atomic E-state index is 12.0. The molecular weight excluding hydrogens is 323 g/mol. The minimum absolute atomic E-state index is 0.200. The molecule has 1 heterocycles. The Balaban J connectivity index is 1.65. The van der Waals surface area contributed by atoms with E-state index in [2.05, 4.69) is 17.2 Å². The van der Waals surface area contributed by atoms with E-state index in [1.807, 2.05) is 0 Å². The van der Waals surface area contributed by atoms with Gasteiger partial charge in [0.25, 0.3) is 0 Å². The van der Waals surface area contributed by atoms with E-state index in [0.717, 1.165) is 42.5 Å². The number of hydrogen-bond acceptors (Lipinski definition) is 2. The van der Waals surface area contributed by atoms with E-state index in [9.17, 15) is 4.79 Å². The van der Waals surface area contributed by atoms with Crippen molar-refractivity contribution < 1.29 is 9.53 Å². The number of fused-ring (bicyclic) bond motifs is 1. The first-order chi connectivity index (χ1) is 10.5. The molecule has 0 unspecified atom stereocenters. The zero-order valence-corrected chi connectivity index (χ0v) is 13.8. The number of carbonyl (C=O) groups excluding carboxylic acids is 1. The first-order valence-electron chi connectivity index (χ1n) is 7.47. The molecule has 2 aromatic rings. The van der Waals surface area contributed by atoms with Gasteiger partial charge in [0.1, 0.15) is 0 Å². The number of H-pyrrole nitrogens is 1. The smallest absolute Gasteiger partial charge is 0.393 e. The second kappa shape index (κ2) is 6.39. The fourth-order valence-corrected chi connectivity index (χ4v) is 3.44. The molecular formula is C16H18Cl2N2O2. The first-order valence-corrected chi connectivity index (χ1v) is 8.23. The Kier molecular flexibility index (Phi) is 4.50. The van der Waals surface area contributed by atoms with Crippen LogP contribution in [0.25, 0.3) is 10.9 Å². The van der Waals surface area contributed by atoms with Gasteiger partial charge in [0, 0.05) is 22.5 Å². The molecule has 1 fully saturated rings. The summed E-state index contributed by atoms with van der Waals surface area (Å²) in [6.45, 7) is 2.24. The molecule has 0 bridgehead atoms. The minimum atomic E-state index is -0.437. The van der Waals surface area contributed by atoms with Crippen LogP contribution in [-0.2, 0) is 0 Å². The summed E-state index contributed by atoms with van der Waals surface area (Å²) < 4.78 is 5.32. The summed E-state index contributed by atoms with van der Waals surface area (Å²) in [7, 11) is 0. The van der Waals surface area contributed by atoms with Crippen LogP contribution in [0.2, 0.25) is 10.0 Å². The fourth-order valence-electron chi connectivity index (χ4n) is 2.89. The van der Waals surface area contributed by atoms with Gasteiger partial charge in [0.2, 0.25) is 5.88 Å². The number of rotatable bonds is 2. The third-order valence-corrected chi connectivity index (χ3v) is 4.70. The van der Waals surface area contributed by atoms with Crippen LogP contribution < -0.4 is 10.1 Å². The molecule has 22 heavy (non-hydrogen) atoms. The van der Waals surface area contributed by atoms with Gasteiger partial charge in [-0.1, -0.05) is 30.1 Å². The Morgan fingerprint density at radius 3 is 2.68 bits per heavy atom. The lowest BCUT2D eigenvalue weighted by atomic mass is 9.87. The monoisotopic (exact) mass is 340 g/mol. The largest absolute Gasteiger partial charge is 0.414 e. The van der Waals surface area contributed by atoms with Crippen LogP contribution in [0.3, 0.4) is 0 Å². The average molecular weight is 341 g/mol.